The zero-order chi connectivity index (χ0) is 17.2. The molecule has 0 spiro atoms. The van der Waals surface area contributed by atoms with Crippen LogP contribution in [0.2, 0.25) is 0 Å². The molecule has 0 unspecified atom stereocenters. The van der Waals surface area contributed by atoms with Crippen molar-refractivity contribution >= 4 is 31.9 Å². The molecule has 1 aromatic rings. The monoisotopic (exact) mass is 416 g/mol. The summed E-state index contributed by atoms with van der Waals surface area (Å²) in [7, 11) is -3.53. The molecule has 3 rings (SSSR count). The smallest absolute Gasteiger partial charge is 0.252 e. The van der Waals surface area contributed by atoms with E-state index in [1.165, 1.54) is 16.4 Å². The third-order valence-electron chi connectivity index (χ3n) is 4.40. The highest BCUT2D eigenvalue weighted by Gasteiger charge is 2.28. The molecule has 0 saturated carbocycles. The van der Waals surface area contributed by atoms with E-state index in [1.54, 1.807) is 6.07 Å². The van der Waals surface area contributed by atoms with E-state index in [0.29, 0.717) is 29.7 Å². The van der Waals surface area contributed by atoms with Gasteiger partial charge in [0.05, 0.1) is 16.6 Å². The lowest BCUT2D eigenvalue weighted by atomic mass is 10.2. The molecule has 0 aromatic heterocycles. The Kier molecular flexibility index (Phi) is 5.59. The van der Waals surface area contributed by atoms with Crippen LogP contribution in [0.3, 0.4) is 0 Å². The molecular weight excluding hydrogens is 396 g/mol. The number of nitrogens with one attached hydrogen (secondary N) is 1. The van der Waals surface area contributed by atoms with Crippen LogP contribution in [0.25, 0.3) is 0 Å². The lowest BCUT2D eigenvalue weighted by Crippen LogP contribution is -2.32. The minimum atomic E-state index is -3.53. The lowest BCUT2D eigenvalue weighted by molar-refractivity contribution is 0.0857. The third kappa shape index (κ3) is 3.82. The molecule has 2 saturated heterocycles. The summed E-state index contributed by atoms with van der Waals surface area (Å²) in [5.41, 5.74) is 0.327. The Hall–Kier alpha value is -0.960. The Morgan fingerprint density at radius 2 is 2.04 bits per heavy atom. The van der Waals surface area contributed by atoms with Crippen molar-refractivity contribution in [2.75, 3.05) is 26.2 Å². The van der Waals surface area contributed by atoms with Crippen LogP contribution >= 0.6 is 15.9 Å². The average molecular weight is 417 g/mol. The van der Waals surface area contributed by atoms with Crippen molar-refractivity contribution in [3.63, 3.8) is 0 Å². The van der Waals surface area contributed by atoms with Crippen molar-refractivity contribution in [2.24, 2.45) is 0 Å². The van der Waals surface area contributed by atoms with Gasteiger partial charge in [0.15, 0.2) is 0 Å². The van der Waals surface area contributed by atoms with Gasteiger partial charge in [0, 0.05) is 30.7 Å². The molecule has 2 aliphatic rings. The SMILES string of the molecule is O=C(NC[C@@H]1CCCO1)c1cc(S(=O)(=O)N2CCCC2)ccc1Br. The van der Waals surface area contributed by atoms with Gasteiger partial charge < -0.3 is 10.1 Å². The molecule has 2 aliphatic heterocycles. The van der Waals surface area contributed by atoms with Crippen LogP contribution < -0.4 is 5.32 Å². The number of halogens is 1. The molecule has 2 fully saturated rings. The van der Waals surface area contributed by atoms with Crippen molar-refractivity contribution in [3.8, 4) is 0 Å². The number of carbonyl (C=O) groups is 1. The minimum absolute atomic E-state index is 0.0456. The standard InChI is InChI=1S/C16H21BrN2O4S/c17-15-6-5-13(24(21,22)19-7-1-2-8-19)10-14(15)16(20)18-11-12-4-3-9-23-12/h5-6,10,12H,1-4,7-9,11H2,(H,18,20)/t12-/m0/s1. The summed E-state index contributed by atoms with van der Waals surface area (Å²) in [6, 6.07) is 4.60. The van der Waals surface area contributed by atoms with E-state index in [1.807, 2.05) is 0 Å². The number of amides is 1. The lowest BCUT2D eigenvalue weighted by Gasteiger charge is -2.17. The van der Waals surface area contributed by atoms with Gasteiger partial charge in [-0.15, -0.1) is 0 Å². The minimum Gasteiger partial charge on any atom is -0.376 e. The van der Waals surface area contributed by atoms with Crippen LogP contribution in [-0.4, -0.2) is 51.0 Å². The number of rotatable bonds is 5. The van der Waals surface area contributed by atoms with Gasteiger partial charge in [-0.05, 0) is 59.8 Å². The van der Waals surface area contributed by atoms with Crippen LogP contribution in [0.1, 0.15) is 36.0 Å². The van der Waals surface area contributed by atoms with Gasteiger partial charge in [-0.2, -0.15) is 4.31 Å². The Morgan fingerprint density at radius 1 is 1.29 bits per heavy atom. The maximum Gasteiger partial charge on any atom is 0.252 e. The van der Waals surface area contributed by atoms with Crippen LogP contribution in [0.15, 0.2) is 27.6 Å². The molecule has 2 heterocycles. The van der Waals surface area contributed by atoms with Gasteiger partial charge in [-0.25, -0.2) is 8.42 Å². The van der Waals surface area contributed by atoms with Gasteiger partial charge in [0.1, 0.15) is 0 Å². The second-order valence-electron chi connectivity index (χ2n) is 6.10. The normalized spacial score (nSPS) is 22.0. The molecule has 6 nitrogen and oxygen atoms in total. The van der Waals surface area contributed by atoms with E-state index < -0.39 is 10.0 Å². The van der Waals surface area contributed by atoms with Crippen LogP contribution in [0.5, 0.6) is 0 Å². The maximum absolute atomic E-state index is 12.6. The van der Waals surface area contributed by atoms with Gasteiger partial charge >= 0.3 is 0 Å². The second-order valence-corrected chi connectivity index (χ2v) is 8.89. The van der Waals surface area contributed by atoms with Gasteiger partial charge in [0.25, 0.3) is 5.91 Å². The Bertz CT molecular complexity index is 711. The topological polar surface area (TPSA) is 75.7 Å². The summed E-state index contributed by atoms with van der Waals surface area (Å²) in [6.07, 6.45) is 3.75. The van der Waals surface area contributed by atoms with Gasteiger partial charge in [-0.1, -0.05) is 0 Å². The predicted molar refractivity (Wildman–Crippen MR) is 93.4 cm³/mol. The molecule has 1 N–H and O–H groups in total. The first-order valence-corrected chi connectivity index (χ1v) is 10.4. The largest absolute Gasteiger partial charge is 0.376 e. The van der Waals surface area contributed by atoms with Crippen molar-refractivity contribution in [1.82, 2.24) is 9.62 Å². The fourth-order valence-corrected chi connectivity index (χ4v) is 4.99. The van der Waals surface area contributed by atoms with Gasteiger partial charge in [-0.3, -0.25) is 4.79 Å². The molecule has 0 bridgehead atoms. The number of hydrogen-bond acceptors (Lipinski definition) is 4. The maximum atomic E-state index is 12.6. The first-order valence-electron chi connectivity index (χ1n) is 8.18. The third-order valence-corrected chi connectivity index (χ3v) is 6.99. The molecule has 1 amide bonds. The first-order chi connectivity index (χ1) is 11.5. The highest BCUT2D eigenvalue weighted by atomic mass is 79.9. The van der Waals surface area contributed by atoms with Gasteiger partial charge in [0.2, 0.25) is 10.0 Å². The molecule has 0 aliphatic carbocycles. The number of carbonyl (C=O) groups excluding carboxylic acids is 1. The zero-order valence-electron chi connectivity index (χ0n) is 13.3. The predicted octanol–water partition coefficient (Wildman–Crippen LogP) is 2.14. The number of nitrogens with zero attached hydrogens (tertiary/aromatic N) is 1. The van der Waals surface area contributed by atoms with E-state index in [0.717, 1.165) is 32.3 Å². The number of ether oxygens (including phenoxy) is 1. The number of sulfonamides is 1. The highest BCUT2D eigenvalue weighted by Crippen LogP contribution is 2.25. The summed E-state index contributed by atoms with van der Waals surface area (Å²) in [5.74, 6) is -0.296. The van der Waals surface area contributed by atoms with Crippen molar-refractivity contribution in [3.05, 3.63) is 28.2 Å². The van der Waals surface area contributed by atoms with Crippen molar-refractivity contribution < 1.29 is 17.9 Å². The quantitative estimate of drug-likeness (QED) is 0.797. The van der Waals surface area contributed by atoms with Crippen LogP contribution in [0.4, 0.5) is 0 Å². The Morgan fingerprint density at radius 3 is 2.71 bits per heavy atom. The van der Waals surface area contributed by atoms with E-state index in [-0.39, 0.29) is 16.9 Å². The average Bonchev–Trinajstić information content (AvgIpc) is 3.26. The molecule has 8 heteroatoms. The summed E-state index contributed by atoms with van der Waals surface area (Å²) >= 11 is 3.33. The molecular formula is C16H21BrN2O4S. The van der Waals surface area contributed by atoms with Crippen LogP contribution in [0, 0.1) is 0 Å². The molecule has 0 radical (unpaired) electrons. The van der Waals surface area contributed by atoms with E-state index in [2.05, 4.69) is 21.2 Å². The Labute approximate surface area is 150 Å². The van der Waals surface area contributed by atoms with Crippen molar-refractivity contribution in [1.29, 1.82) is 0 Å². The first kappa shape index (κ1) is 17.8. The summed E-state index contributed by atoms with van der Waals surface area (Å²) in [4.78, 5) is 12.6. The summed E-state index contributed by atoms with van der Waals surface area (Å²) < 4.78 is 32.8. The zero-order valence-corrected chi connectivity index (χ0v) is 15.7. The molecule has 24 heavy (non-hydrogen) atoms. The molecule has 1 atom stereocenters. The molecule has 1 aromatic carbocycles. The molecule has 132 valence electrons. The van der Waals surface area contributed by atoms with Crippen LogP contribution in [-0.2, 0) is 14.8 Å². The summed E-state index contributed by atoms with van der Waals surface area (Å²) in [5, 5.41) is 2.83. The van der Waals surface area contributed by atoms with E-state index >= 15 is 0 Å². The van der Waals surface area contributed by atoms with Crippen molar-refractivity contribution in [2.45, 2.75) is 36.7 Å². The van der Waals surface area contributed by atoms with E-state index in [9.17, 15) is 13.2 Å². The number of benzene rings is 1. The number of hydrogen-bond donors (Lipinski definition) is 1. The second kappa shape index (κ2) is 7.51. The fraction of sp³-hybridized carbons (Fsp3) is 0.562. The van der Waals surface area contributed by atoms with E-state index in [4.69, 9.17) is 4.74 Å². The Balaban J connectivity index is 1.76. The highest BCUT2D eigenvalue weighted by molar-refractivity contribution is 9.10. The fourth-order valence-electron chi connectivity index (χ4n) is 3.02. The summed E-state index contributed by atoms with van der Waals surface area (Å²) in [6.45, 7) is 2.25.